The summed E-state index contributed by atoms with van der Waals surface area (Å²) < 4.78 is 5.14. The summed E-state index contributed by atoms with van der Waals surface area (Å²) in [4.78, 5) is 6.61. The normalized spacial score (nSPS) is 12.5. The first-order valence-corrected chi connectivity index (χ1v) is 8.42. The predicted octanol–water partition coefficient (Wildman–Crippen LogP) is 4.30. The minimum Gasteiger partial charge on any atom is -0.495 e. The largest absolute Gasteiger partial charge is 0.495 e. The van der Waals surface area contributed by atoms with Crippen LogP contribution in [0.15, 0.2) is 47.5 Å². The molecule has 1 atom stereocenters. The van der Waals surface area contributed by atoms with Crippen molar-refractivity contribution in [3.8, 4) is 5.75 Å². The number of guanidine groups is 1. The van der Waals surface area contributed by atoms with Crippen LogP contribution >= 0.6 is 35.6 Å². The van der Waals surface area contributed by atoms with Crippen LogP contribution in [0.5, 0.6) is 5.75 Å². The number of methoxy groups -OCH3 is 1. The Morgan fingerprint density at radius 1 is 1.23 bits per heavy atom. The number of aryl methyl sites for hydroxylation is 1. The molecule has 0 heterocycles. The molecule has 0 aliphatic carbocycles. The van der Waals surface area contributed by atoms with Gasteiger partial charge >= 0.3 is 0 Å². The second-order valence-corrected chi connectivity index (χ2v) is 6.50. The molecular formula is C19H26ClIN4O. The fraction of sp³-hybridized carbons (Fsp3) is 0.316. The van der Waals surface area contributed by atoms with Crippen LogP contribution in [0.25, 0.3) is 0 Å². The van der Waals surface area contributed by atoms with Crippen molar-refractivity contribution in [1.29, 1.82) is 0 Å². The molecule has 0 fully saturated rings. The van der Waals surface area contributed by atoms with Gasteiger partial charge in [0.25, 0.3) is 0 Å². The number of likely N-dealkylation sites (N-methyl/N-ethyl adjacent to an activating group) is 1. The number of hydrogen-bond acceptors (Lipinski definition) is 3. The first-order valence-electron chi connectivity index (χ1n) is 8.04. The Kier molecular flexibility index (Phi) is 9.18. The summed E-state index contributed by atoms with van der Waals surface area (Å²) in [5.41, 5.74) is 9.24. The number of nitrogens with one attached hydrogen (secondary N) is 1. The molecule has 2 aromatic rings. The number of aliphatic imine (C=N–C) groups is 1. The predicted molar refractivity (Wildman–Crippen MR) is 121 cm³/mol. The molecule has 0 bridgehead atoms. The van der Waals surface area contributed by atoms with Crippen LogP contribution in [-0.2, 0) is 0 Å². The molecule has 0 aromatic heterocycles. The van der Waals surface area contributed by atoms with Crippen molar-refractivity contribution in [3.63, 3.8) is 0 Å². The maximum atomic E-state index is 6.12. The van der Waals surface area contributed by atoms with E-state index in [9.17, 15) is 0 Å². The van der Waals surface area contributed by atoms with E-state index in [2.05, 4.69) is 46.4 Å². The van der Waals surface area contributed by atoms with E-state index in [0.717, 1.165) is 5.69 Å². The second kappa shape index (κ2) is 10.6. The zero-order chi connectivity index (χ0) is 18.4. The van der Waals surface area contributed by atoms with Gasteiger partial charge in [-0.2, -0.15) is 0 Å². The van der Waals surface area contributed by atoms with Crippen molar-refractivity contribution >= 4 is 47.2 Å². The number of rotatable bonds is 6. The number of halogens is 2. The monoisotopic (exact) mass is 488 g/mol. The lowest BCUT2D eigenvalue weighted by Gasteiger charge is -2.23. The van der Waals surface area contributed by atoms with E-state index in [0.29, 0.717) is 23.3 Å². The summed E-state index contributed by atoms with van der Waals surface area (Å²) in [6, 6.07) is 14.0. The highest BCUT2D eigenvalue weighted by Gasteiger charge is 2.13. The van der Waals surface area contributed by atoms with Gasteiger partial charge in [-0.3, -0.25) is 4.99 Å². The van der Waals surface area contributed by atoms with Crippen molar-refractivity contribution in [2.24, 2.45) is 10.7 Å². The van der Waals surface area contributed by atoms with Crippen LogP contribution in [0.2, 0.25) is 5.02 Å². The van der Waals surface area contributed by atoms with Crippen LogP contribution in [0.3, 0.4) is 0 Å². The number of hydrogen-bond donors (Lipinski definition) is 2. The average molecular weight is 489 g/mol. The Bertz CT molecular complexity index is 735. The smallest absolute Gasteiger partial charge is 0.193 e. The van der Waals surface area contributed by atoms with E-state index in [4.69, 9.17) is 22.1 Å². The van der Waals surface area contributed by atoms with Gasteiger partial charge < -0.3 is 20.7 Å². The van der Waals surface area contributed by atoms with Crippen LogP contribution in [0.4, 0.5) is 5.69 Å². The molecule has 7 heteroatoms. The van der Waals surface area contributed by atoms with E-state index in [1.807, 2.05) is 20.2 Å². The van der Waals surface area contributed by atoms with Gasteiger partial charge in [-0.15, -0.1) is 24.0 Å². The SMILES string of the molecule is COc1ccc(NC(N)=NCC(c2ccc(C)cc2)N(C)C)cc1Cl.I. The lowest BCUT2D eigenvalue weighted by atomic mass is 10.0. The molecule has 2 rings (SSSR count). The molecule has 0 saturated heterocycles. The van der Waals surface area contributed by atoms with Gasteiger partial charge in [0.05, 0.1) is 24.7 Å². The highest BCUT2D eigenvalue weighted by molar-refractivity contribution is 14.0. The van der Waals surface area contributed by atoms with Gasteiger partial charge in [-0.25, -0.2) is 0 Å². The molecular weight excluding hydrogens is 463 g/mol. The number of nitrogens with zero attached hydrogens (tertiary/aromatic N) is 2. The lowest BCUT2D eigenvalue weighted by molar-refractivity contribution is 0.306. The van der Waals surface area contributed by atoms with Crippen LogP contribution in [0.1, 0.15) is 17.2 Å². The molecule has 26 heavy (non-hydrogen) atoms. The van der Waals surface area contributed by atoms with Crippen molar-refractivity contribution in [2.45, 2.75) is 13.0 Å². The summed E-state index contributed by atoms with van der Waals surface area (Å²) in [5.74, 6) is 0.968. The molecule has 5 nitrogen and oxygen atoms in total. The molecule has 0 amide bonds. The van der Waals surface area contributed by atoms with Gasteiger partial charge in [0.2, 0.25) is 0 Å². The molecule has 1 unspecified atom stereocenters. The topological polar surface area (TPSA) is 62.9 Å². The molecule has 0 aliphatic heterocycles. The Balaban J connectivity index is 0.00000338. The van der Waals surface area contributed by atoms with E-state index >= 15 is 0 Å². The molecule has 2 aromatic carbocycles. The Labute approximate surface area is 177 Å². The van der Waals surface area contributed by atoms with Crippen molar-refractivity contribution in [2.75, 3.05) is 33.1 Å². The lowest BCUT2D eigenvalue weighted by Crippen LogP contribution is -2.27. The Morgan fingerprint density at radius 3 is 2.42 bits per heavy atom. The van der Waals surface area contributed by atoms with Gasteiger partial charge in [-0.1, -0.05) is 41.4 Å². The zero-order valence-corrected chi connectivity index (χ0v) is 18.6. The van der Waals surface area contributed by atoms with Gasteiger partial charge in [-0.05, 0) is 44.8 Å². The highest BCUT2D eigenvalue weighted by Crippen LogP contribution is 2.27. The number of ether oxygens (including phenoxy) is 1. The van der Waals surface area contributed by atoms with Crippen molar-refractivity contribution < 1.29 is 4.74 Å². The third-order valence-electron chi connectivity index (χ3n) is 3.94. The quantitative estimate of drug-likeness (QED) is 0.361. The van der Waals surface area contributed by atoms with E-state index < -0.39 is 0 Å². The van der Waals surface area contributed by atoms with Gasteiger partial charge in [0, 0.05) is 5.69 Å². The first kappa shape index (κ1) is 22.5. The fourth-order valence-corrected chi connectivity index (χ4v) is 2.73. The maximum Gasteiger partial charge on any atom is 0.193 e. The Morgan fingerprint density at radius 2 is 1.88 bits per heavy atom. The van der Waals surface area contributed by atoms with E-state index in [-0.39, 0.29) is 30.0 Å². The number of anilines is 1. The Hall–Kier alpha value is -1.51. The standard InChI is InChI=1S/C19H25ClN4O.HI/c1-13-5-7-14(8-6-13)17(24(2)3)12-22-19(21)23-15-9-10-18(25-4)16(20)11-15;/h5-11,17H,12H2,1-4H3,(H3,21,22,23);1H. The fourth-order valence-electron chi connectivity index (χ4n) is 2.47. The summed E-state index contributed by atoms with van der Waals surface area (Å²) in [7, 11) is 5.65. The molecule has 0 spiro atoms. The molecule has 0 saturated carbocycles. The van der Waals surface area contributed by atoms with Crippen LogP contribution < -0.4 is 15.8 Å². The zero-order valence-electron chi connectivity index (χ0n) is 15.5. The third kappa shape index (κ3) is 6.34. The molecule has 0 radical (unpaired) electrons. The minimum atomic E-state index is 0. The third-order valence-corrected chi connectivity index (χ3v) is 4.24. The first-order chi connectivity index (χ1) is 11.9. The summed E-state index contributed by atoms with van der Waals surface area (Å²) in [5, 5.41) is 3.58. The van der Waals surface area contributed by atoms with Gasteiger partial charge in [0.15, 0.2) is 5.96 Å². The number of nitrogens with two attached hydrogens (primary N) is 1. The molecule has 3 N–H and O–H groups in total. The molecule has 0 aliphatic rings. The summed E-state index contributed by atoms with van der Waals surface area (Å²) >= 11 is 6.12. The minimum absolute atomic E-state index is 0. The van der Waals surface area contributed by atoms with Crippen LogP contribution in [0, 0.1) is 6.92 Å². The highest BCUT2D eigenvalue weighted by atomic mass is 127. The molecule has 142 valence electrons. The van der Waals surface area contributed by atoms with Crippen molar-refractivity contribution in [3.05, 3.63) is 58.6 Å². The summed E-state index contributed by atoms with van der Waals surface area (Å²) in [6.07, 6.45) is 0. The average Bonchev–Trinajstić information content (AvgIpc) is 2.56. The number of benzene rings is 2. The van der Waals surface area contributed by atoms with E-state index in [1.54, 1.807) is 19.2 Å². The van der Waals surface area contributed by atoms with Crippen LogP contribution in [-0.4, -0.2) is 38.6 Å². The summed E-state index contributed by atoms with van der Waals surface area (Å²) in [6.45, 7) is 2.63. The van der Waals surface area contributed by atoms with Crippen molar-refractivity contribution in [1.82, 2.24) is 4.90 Å². The maximum absolute atomic E-state index is 6.12. The van der Waals surface area contributed by atoms with E-state index in [1.165, 1.54) is 11.1 Å². The van der Waals surface area contributed by atoms with Gasteiger partial charge in [0.1, 0.15) is 5.75 Å². The second-order valence-electron chi connectivity index (χ2n) is 6.09.